The number of halogens is 1. The molecule has 1 fully saturated rings. The van der Waals surface area contributed by atoms with Gasteiger partial charge in [-0.05, 0) is 19.8 Å². The smallest absolute Gasteiger partial charge is 0.340 e. The second-order valence-electron chi connectivity index (χ2n) is 5.95. The van der Waals surface area contributed by atoms with Crippen LogP contribution >= 0.6 is 11.6 Å². The molecule has 1 amide bonds. The second-order valence-corrected chi connectivity index (χ2v) is 6.34. The van der Waals surface area contributed by atoms with E-state index in [1.807, 2.05) is 22.8 Å². The van der Waals surface area contributed by atoms with Crippen molar-refractivity contribution >= 4 is 23.3 Å². The van der Waals surface area contributed by atoms with Gasteiger partial charge in [0.05, 0.1) is 6.54 Å². The van der Waals surface area contributed by atoms with Crippen molar-refractivity contribution in [3.63, 3.8) is 0 Å². The van der Waals surface area contributed by atoms with E-state index in [1.165, 1.54) is 4.57 Å². The number of unbranched alkanes of at least 4 members (excludes halogenated alkanes) is 1. The van der Waals surface area contributed by atoms with Crippen LogP contribution < -0.4 is 10.6 Å². The Kier molecular flexibility index (Phi) is 3.72. The maximum atomic E-state index is 12.9. The highest BCUT2D eigenvalue weighted by molar-refractivity contribution is 6.29. The molecule has 1 aromatic rings. The average Bonchev–Trinajstić information content (AvgIpc) is 2.76. The first-order chi connectivity index (χ1) is 10.5. The van der Waals surface area contributed by atoms with Crippen molar-refractivity contribution < 1.29 is 4.79 Å². The van der Waals surface area contributed by atoms with Crippen molar-refractivity contribution in [2.24, 2.45) is 0 Å². The normalized spacial score (nSPS) is 23.5. The number of fused-ring (bicyclic) bond motifs is 3. The summed E-state index contributed by atoms with van der Waals surface area (Å²) in [7, 11) is 0. The number of anilines is 1. The highest BCUT2D eigenvalue weighted by atomic mass is 35.5. The van der Waals surface area contributed by atoms with Gasteiger partial charge in [-0.3, -0.25) is 9.36 Å². The maximum Gasteiger partial charge on any atom is 0.350 e. The molecular formula is C15H19ClN4O2. The number of aromatic nitrogens is 2. The summed E-state index contributed by atoms with van der Waals surface area (Å²) >= 11 is 5.90. The number of carbonyl (C=O) groups excluding carboxylic acids is 1. The zero-order valence-electron chi connectivity index (χ0n) is 12.6. The van der Waals surface area contributed by atoms with Gasteiger partial charge >= 0.3 is 5.69 Å². The van der Waals surface area contributed by atoms with Gasteiger partial charge in [-0.1, -0.05) is 17.7 Å². The van der Waals surface area contributed by atoms with Crippen molar-refractivity contribution in [1.29, 1.82) is 0 Å². The zero-order valence-corrected chi connectivity index (χ0v) is 13.3. The van der Waals surface area contributed by atoms with Crippen molar-refractivity contribution in [2.75, 3.05) is 24.5 Å². The standard InChI is InChI=1S/C15H19ClN4O2/c1-3-4-5-6-18-7-8-20-12-9-11(16)17-14(22)19(12)10-15(20,2)13(18)21/h3,9H,1,4-8,10H2,2H3/t15-/m1/s1. The van der Waals surface area contributed by atoms with Gasteiger partial charge in [-0.15, -0.1) is 6.58 Å². The summed E-state index contributed by atoms with van der Waals surface area (Å²) in [6.45, 7) is 7.97. The van der Waals surface area contributed by atoms with Crippen LogP contribution in [-0.4, -0.2) is 45.5 Å². The quantitative estimate of drug-likeness (QED) is 0.476. The predicted octanol–water partition coefficient (Wildman–Crippen LogP) is 1.28. The van der Waals surface area contributed by atoms with Crippen LogP contribution in [0.15, 0.2) is 23.5 Å². The largest absolute Gasteiger partial charge is 0.350 e. The Balaban J connectivity index is 1.89. The summed E-state index contributed by atoms with van der Waals surface area (Å²) in [4.78, 5) is 32.5. The number of nitrogens with zero attached hydrogens (tertiary/aromatic N) is 4. The SMILES string of the molecule is C=CCCCN1CCN2c3cc(Cl)nc(=O)n3C[C@]2(C)C1=O. The van der Waals surface area contributed by atoms with Gasteiger partial charge in [0.25, 0.3) is 0 Å². The van der Waals surface area contributed by atoms with Crippen molar-refractivity contribution in [1.82, 2.24) is 14.5 Å². The number of piperazine rings is 1. The maximum absolute atomic E-state index is 12.9. The highest BCUT2D eigenvalue weighted by Crippen LogP contribution is 2.36. The van der Waals surface area contributed by atoms with Crippen LogP contribution in [0, 0.1) is 0 Å². The van der Waals surface area contributed by atoms with E-state index < -0.39 is 11.2 Å². The van der Waals surface area contributed by atoms with Crippen LogP contribution in [0.1, 0.15) is 19.8 Å². The van der Waals surface area contributed by atoms with Crippen LogP contribution in [0.25, 0.3) is 0 Å². The Labute approximate surface area is 134 Å². The molecule has 0 aromatic carbocycles. The Hall–Kier alpha value is -1.82. The van der Waals surface area contributed by atoms with E-state index in [9.17, 15) is 9.59 Å². The van der Waals surface area contributed by atoms with Crippen molar-refractivity contribution in [3.8, 4) is 0 Å². The van der Waals surface area contributed by atoms with E-state index in [4.69, 9.17) is 11.6 Å². The van der Waals surface area contributed by atoms with Gasteiger partial charge in [0, 0.05) is 25.7 Å². The number of hydrogen-bond acceptors (Lipinski definition) is 4. The lowest BCUT2D eigenvalue weighted by Crippen LogP contribution is -2.63. The molecule has 0 spiro atoms. The molecule has 1 aromatic heterocycles. The Bertz CT molecular complexity index is 687. The summed E-state index contributed by atoms with van der Waals surface area (Å²) in [5, 5.41) is 0.168. The van der Waals surface area contributed by atoms with Gasteiger partial charge in [0.2, 0.25) is 5.91 Å². The van der Waals surface area contributed by atoms with Crippen LogP contribution in [0.2, 0.25) is 5.15 Å². The molecule has 118 valence electrons. The van der Waals surface area contributed by atoms with Gasteiger partial charge in [0.15, 0.2) is 0 Å². The molecule has 0 radical (unpaired) electrons. The highest BCUT2D eigenvalue weighted by Gasteiger charge is 2.51. The van der Waals surface area contributed by atoms with Gasteiger partial charge in [0.1, 0.15) is 16.5 Å². The first kappa shape index (κ1) is 15.1. The number of allylic oxidation sites excluding steroid dienone is 1. The van der Waals surface area contributed by atoms with Crippen LogP contribution in [0.5, 0.6) is 0 Å². The molecule has 0 saturated carbocycles. The first-order valence-corrected chi connectivity index (χ1v) is 7.80. The average molecular weight is 323 g/mol. The molecule has 3 heterocycles. The summed E-state index contributed by atoms with van der Waals surface area (Å²) in [6, 6.07) is 1.66. The minimum Gasteiger partial charge on any atom is -0.340 e. The number of hydrogen-bond donors (Lipinski definition) is 0. The molecule has 2 aliphatic heterocycles. The molecule has 2 aliphatic rings. The van der Waals surface area contributed by atoms with E-state index in [-0.39, 0.29) is 11.1 Å². The Morgan fingerprint density at radius 1 is 1.45 bits per heavy atom. The molecule has 0 aliphatic carbocycles. The molecule has 3 rings (SSSR count). The van der Waals surface area contributed by atoms with E-state index in [2.05, 4.69) is 11.6 Å². The Morgan fingerprint density at radius 2 is 2.23 bits per heavy atom. The van der Waals surface area contributed by atoms with E-state index in [0.717, 1.165) is 19.4 Å². The molecule has 6 nitrogen and oxygen atoms in total. The van der Waals surface area contributed by atoms with Crippen molar-refractivity contribution in [2.45, 2.75) is 31.8 Å². The minimum absolute atomic E-state index is 0.0574. The topological polar surface area (TPSA) is 58.4 Å². The molecule has 7 heteroatoms. The summed E-state index contributed by atoms with van der Waals surface area (Å²) in [5.74, 6) is 0.744. The number of amides is 1. The van der Waals surface area contributed by atoms with Crippen molar-refractivity contribution in [3.05, 3.63) is 34.4 Å². The van der Waals surface area contributed by atoms with Gasteiger partial charge in [-0.25, -0.2) is 4.79 Å². The van der Waals surface area contributed by atoms with E-state index in [0.29, 0.717) is 25.5 Å². The van der Waals surface area contributed by atoms with Gasteiger partial charge in [-0.2, -0.15) is 4.98 Å². The molecule has 0 N–H and O–H groups in total. The van der Waals surface area contributed by atoms with Crippen LogP contribution in [0.3, 0.4) is 0 Å². The van der Waals surface area contributed by atoms with Gasteiger partial charge < -0.3 is 9.80 Å². The summed E-state index contributed by atoms with van der Waals surface area (Å²) < 4.78 is 1.54. The molecule has 22 heavy (non-hydrogen) atoms. The van der Waals surface area contributed by atoms with E-state index >= 15 is 0 Å². The molecule has 0 unspecified atom stereocenters. The number of rotatable bonds is 4. The molecule has 1 atom stereocenters. The molecule has 1 saturated heterocycles. The summed E-state index contributed by atoms with van der Waals surface area (Å²) in [5.41, 5.74) is -1.13. The number of carbonyl (C=O) groups is 1. The fourth-order valence-electron chi connectivity index (χ4n) is 3.33. The lowest BCUT2D eigenvalue weighted by molar-refractivity contribution is -0.138. The van der Waals surface area contributed by atoms with Crippen LogP contribution in [0.4, 0.5) is 5.82 Å². The van der Waals surface area contributed by atoms with E-state index in [1.54, 1.807) is 6.07 Å². The fourth-order valence-corrected chi connectivity index (χ4v) is 3.50. The lowest BCUT2D eigenvalue weighted by Gasteiger charge is -2.44. The molecular weight excluding hydrogens is 304 g/mol. The zero-order chi connectivity index (χ0) is 15.9. The predicted molar refractivity (Wildman–Crippen MR) is 85.3 cm³/mol. The fraction of sp³-hybridized carbons (Fsp3) is 0.533. The third-order valence-corrected chi connectivity index (χ3v) is 4.67. The molecule has 0 bridgehead atoms. The lowest BCUT2D eigenvalue weighted by atomic mass is 9.96. The van der Waals surface area contributed by atoms with Crippen LogP contribution in [-0.2, 0) is 11.3 Å². The third kappa shape index (κ3) is 2.22. The first-order valence-electron chi connectivity index (χ1n) is 7.42. The third-order valence-electron chi connectivity index (χ3n) is 4.47. The Morgan fingerprint density at radius 3 is 2.95 bits per heavy atom. The summed E-state index contributed by atoms with van der Waals surface area (Å²) in [6.07, 6.45) is 3.66. The monoisotopic (exact) mass is 322 g/mol. The minimum atomic E-state index is -0.731. The second kappa shape index (κ2) is 5.43.